The highest BCUT2D eigenvalue weighted by atomic mass is 16.5. The van der Waals surface area contributed by atoms with E-state index in [0.29, 0.717) is 12.0 Å². The van der Waals surface area contributed by atoms with Crippen molar-refractivity contribution in [3.8, 4) is 11.8 Å². The molecule has 0 heterocycles. The van der Waals surface area contributed by atoms with Gasteiger partial charge >= 0.3 is 5.97 Å². The number of nitrogens with one attached hydrogen (secondary N) is 1. The fraction of sp³-hybridized carbons (Fsp3) is 0.375. The van der Waals surface area contributed by atoms with Crippen LogP contribution >= 0.6 is 0 Å². The molecular weight excluding hydrogens is 270 g/mol. The van der Waals surface area contributed by atoms with Gasteiger partial charge < -0.3 is 15.2 Å². The van der Waals surface area contributed by atoms with Crippen LogP contribution in [0.25, 0.3) is 0 Å². The normalized spacial score (nSPS) is 11.0. The van der Waals surface area contributed by atoms with E-state index >= 15 is 0 Å². The third-order valence-electron chi connectivity index (χ3n) is 2.94. The molecule has 0 saturated heterocycles. The van der Waals surface area contributed by atoms with Crippen molar-refractivity contribution in [2.75, 3.05) is 13.7 Å². The van der Waals surface area contributed by atoms with Crippen LogP contribution in [-0.2, 0) is 9.53 Å². The monoisotopic (exact) mass is 289 g/mol. The smallest absolute Gasteiger partial charge is 0.328 e. The number of benzene rings is 1. The zero-order chi connectivity index (χ0) is 15.8. The molecule has 1 aromatic carbocycles. The largest absolute Gasteiger partial charge is 0.467 e. The third kappa shape index (κ3) is 4.62. The predicted octanol–water partition coefficient (Wildman–Crippen LogP) is 1.02. The van der Waals surface area contributed by atoms with Crippen LogP contribution in [0, 0.1) is 18.8 Å². The minimum atomic E-state index is -0.717. The van der Waals surface area contributed by atoms with Crippen LogP contribution in [0.1, 0.15) is 34.8 Å². The van der Waals surface area contributed by atoms with E-state index in [1.807, 2.05) is 0 Å². The van der Waals surface area contributed by atoms with Gasteiger partial charge in [-0.1, -0.05) is 17.9 Å². The summed E-state index contributed by atoms with van der Waals surface area (Å²) in [7, 11) is 1.27. The van der Waals surface area contributed by atoms with Gasteiger partial charge in [-0.15, -0.1) is 0 Å². The first kappa shape index (κ1) is 16.7. The topological polar surface area (TPSA) is 75.6 Å². The Hall–Kier alpha value is -2.32. The Morgan fingerprint density at radius 1 is 1.43 bits per heavy atom. The standard InChI is InChI=1S/C16H19NO4/c1-11-13(7-4-5-10-18)8-6-9-14(11)15(19)17-12(2)16(20)21-3/h6,8-9,12,18H,5,10H2,1-3H3,(H,17,19). The first-order valence-corrected chi connectivity index (χ1v) is 6.59. The molecule has 0 bridgehead atoms. The molecule has 0 aliphatic carbocycles. The quantitative estimate of drug-likeness (QED) is 0.641. The van der Waals surface area contributed by atoms with Crippen molar-refractivity contribution < 1.29 is 19.4 Å². The fourth-order valence-electron chi connectivity index (χ4n) is 1.74. The highest BCUT2D eigenvalue weighted by molar-refractivity contribution is 5.98. The Labute approximate surface area is 124 Å². The second-order valence-electron chi connectivity index (χ2n) is 4.47. The summed E-state index contributed by atoms with van der Waals surface area (Å²) in [6, 6.07) is 4.49. The molecule has 0 aliphatic rings. The summed E-state index contributed by atoms with van der Waals surface area (Å²) in [5, 5.41) is 11.3. The predicted molar refractivity (Wildman–Crippen MR) is 78.7 cm³/mol. The number of esters is 1. The summed E-state index contributed by atoms with van der Waals surface area (Å²) in [5.41, 5.74) is 1.92. The average Bonchev–Trinajstić information content (AvgIpc) is 2.48. The zero-order valence-corrected chi connectivity index (χ0v) is 12.4. The summed E-state index contributed by atoms with van der Waals surface area (Å²) in [6.45, 7) is 3.35. The Kier molecular flexibility index (Phi) is 6.44. The maximum Gasteiger partial charge on any atom is 0.328 e. The van der Waals surface area contributed by atoms with E-state index in [4.69, 9.17) is 5.11 Å². The van der Waals surface area contributed by atoms with E-state index in [1.54, 1.807) is 32.0 Å². The molecule has 0 radical (unpaired) electrons. The Balaban J connectivity index is 2.94. The molecule has 21 heavy (non-hydrogen) atoms. The Morgan fingerprint density at radius 3 is 2.76 bits per heavy atom. The number of ether oxygens (including phenoxy) is 1. The van der Waals surface area contributed by atoms with Crippen LogP contribution in [0.4, 0.5) is 0 Å². The first-order valence-electron chi connectivity index (χ1n) is 6.59. The molecule has 0 aliphatic heterocycles. The van der Waals surface area contributed by atoms with Gasteiger partial charge in [-0.3, -0.25) is 4.79 Å². The number of hydrogen-bond acceptors (Lipinski definition) is 4. The second-order valence-corrected chi connectivity index (χ2v) is 4.47. The molecule has 1 rings (SSSR count). The summed E-state index contributed by atoms with van der Waals surface area (Å²) in [4.78, 5) is 23.5. The highest BCUT2D eigenvalue weighted by Crippen LogP contribution is 2.13. The molecule has 0 spiro atoms. The molecule has 0 aromatic heterocycles. The number of rotatable bonds is 4. The molecule has 1 aromatic rings. The van der Waals surface area contributed by atoms with E-state index < -0.39 is 12.0 Å². The molecule has 1 amide bonds. The lowest BCUT2D eigenvalue weighted by Gasteiger charge is -2.13. The molecule has 1 atom stereocenters. The van der Waals surface area contributed by atoms with Crippen LogP contribution in [-0.4, -0.2) is 36.7 Å². The molecule has 2 N–H and O–H groups in total. The van der Waals surface area contributed by atoms with E-state index in [2.05, 4.69) is 21.9 Å². The number of aliphatic hydroxyl groups is 1. The van der Waals surface area contributed by atoms with Crippen molar-refractivity contribution >= 4 is 11.9 Å². The minimum absolute atomic E-state index is 0.00285. The van der Waals surface area contributed by atoms with Gasteiger partial charge in [0.1, 0.15) is 6.04 Å². The summed E-state index contributed by atoms with van der Waals surface area (Å²) >= 11 is 0. The van der Waals surface area contributed by atoms with Gasteiger partial charge in [0.25, 0.3) is 5.91 Å². The van der Waals surface area contributed by atoms with E-state index in [-0.39, 0.29) is 12.5 Å². The van der Waals surface area contributed by atoms with Crippen molar-refractivity contribution in [3.05, 3.63) is 34.9 Å². The SMILES string of the molecule is COC(=O)C(C)NC(=O)c1cccc(C#CCCO)c1C. The maximum atomic E-state index is 12.2. The summed E-state index contributed by atoms with van der Waals surface area (Å²) in [5.74, 6) is 4.88. The number of carbonyl (C=O) groups excluding carboxylic acids is 2. The minimum Gasteiger partial charge on any atom is -0.467 e. The number of carbonyl (C=O) groups is 2. The summed E-state index contributed by atoms with van der Waals surface area (Å²) in [6.07, 6.45) is 0.384. The average molecular weight is 289 g/mol. The first-order chi connectivity index (χ1) is 10.0. The van der Waals surface area contributed by atoms with Crippen molar-refractivity contribution in [1.29, 1.82) is 0 Å². The lowest BCUT2D eigenvalue weighted by atomic mass is 10.0. The van der Waals surface area contributed by atoms with E-state index in [1.165, 1.54) is 7.11 Å². The van der Waals surface area contributed by atoms with Gasteiger partial charge in [-0.2, -0.15) is 0 Å². The molecule has 0 fully saturated rings. The van der Waals surface area contributed by atoms with E-state index in [9.17, 15) is 9.59 Å². The summed E-state index contributed by atoms with van der Waals surface area (Å²) < 4.78 is 4.57. The molecule has 0 saturated carbocycles. The van der Waals surface area contributed by atoms with Crippen molar-refractivity contribution in [2.24, 2.45) is 0 Å². The maximum absolute atomic E-state index is 12.2. The van der Waals surface area contributed by atoms with Gasteiger partial charge in [-0.05, 0) is 31.5 Å². The van der Waals surface area contributed by atoms with Crippen LogP contribution in [0.3, 0.4) is 0 Å². The zero-order valence-electron chi connectivity index (χ0n) is 12.4. The van der Waals surface area contributed by atoms with Crippen molar-refractivity contribution in [2.45, 2.75) is 26.3 Å². The van der Waals surface area contributed by atoms with E-state index in [0.717, 1.165) is 11.1 Å². The fourth-order valence-corrected chi connectivity index (χ4v) is 1.74. The van der Waals surface area contributed by atoms with Crippen molar-refractivity contribution in [1.82, 2.24) is 5.32 Å². The molecule has 5 heteroatoms. The van der Waals surface area contributed by atoms with Gasteiger partial charge in [-0.25, -0.2) is 4.79 Å². The van der Waals surface area contributed by atoms with Gasteiger partial charge in [0.05, 0.1) is 13.7 Å². The highest BCUT2D eigenvalue weighted by Gasteiger charge is 2.18. The molecular formula is C16H19NO4. The van der Waals surface area contributed by atoms with Crippen molar-refractivity contribution in [3.63, 3.8) is 0 Å². The third-order valence-corrected chi connectivity index (χ3v) is 2.94. The lowest BCUT2D eigenvalue weighted by molar-refractivity contribution is -0.142. The molecule has 1 unspecified atom stereocenters. The van der Waals surface area contributed by atoms with Gasteiger partial charge in [0, 0.05) is 17.5 Å². The van der Waals surface area contributed by atoms with Crippen LogP contribution in [0.2, 0.25) is 0 Å². The van der Waals surface area contributed by atoms with Gasteiger partial charge in [0.2, 0.25) is 0 Å². The second kappa shape index (κ2) is 8.08. The number of methoxy groups -OCH3 is 1. The number of amides is 1. The lowest BCUT2D eigenvalue weighted by Crippen LogP contribution is -2.39. The van der Waals surface area contributed by atoms with Gasteiger partial charge in [0.15, 0.2) is 0 Å². The molecule has 5 nitrogen and oxygen atoms in total. The van der Waals surface area contributed by atoms with Crippen LogP contribution in [0.15, 0.2) is 18.2 Å². The molecule has 112 valence electrons. The Morgan fingerprint density at radius 2 is 2.14 bits per heavy atom. The van der Waals surface area contributed by atoms with Crippen LogP contribution in [0.5, 0.6) is 0 Å². The number of hydrogen-bond donors (Lipinski definition) is 2. The number of aliphatic hydroxyl groups excluding tert-OH is 1. The van der Waals surface area contributed by atoms with Crippen LogP contribution < -0.4 is 5.32 Å². The Bertz CT molecular complexity index is 584.